The number of anilines is 1. The Morgan fingerprint density at radius 1 is 0.846 bits per heavy atom. The lowest BCUT2D eigenvalue weighted by molar-refractivity contribution is -0.915. The van der Waals surface area contributed by atoms with E-state index in [9.17, 15) is 0 Å². The minimum atomic E-state index is 0.920. The first-order valence-electron chi connectivity index (χ1n) is 10.1. The zero-order valence-corrected chi connectivity index (χ0v) is 15.7. The normalized spacial score (nSPS) is 19.8. The molecule has 5 nitrogen and oxygen atoms in total. The Kier molecular flexibility index (Phi) is 5.89. The molecular formula is C21H32N4O+2. The van der Waals surface area contributed by atoms with Gasteiger partial charge in [0.05, 0.1) is 58.2 Å². The molecule has 1 aromatic carbocycles. The van der Waals surface area contributed by atoms with E-state index in [0.29, 0.717) is 0 Å². The van der Waals surface area contributed by atoms with Crippen molar-refractivity contribution in [3.05, 3.63) is 54.4 Å². The van der Waals surface area contributed by atoms with E-state index >= 15 is 0 Å². The van der Waals surface area contributed by atoms with Crippen LogP contribution in [0.1, 0.15) is 5.69 Å². The number of hydrogen-bond donors (Lipinski definition) is 2. The average Bonchev–Trinajstić information content (AvgIpc) is 3.15. The molecule has 2 aliphatic rings. The van der Waals surface area contributed by atoms with Crippen molar-refractivity contribution in [2.24, 2.45) is 0 Å². The largest absolute Gasteiger partial charge is 0.370 e. The number of ether oxygens (including phenoxy) is 1. The summed E-state index contributed by atoms with van der Waals surface area (Å²) in [6, 6.07) is 15.3. The zero-order valence-electron chi connectivity index (χ0n) is 15.7. The number of aromatic nitrogens is 1. The molecule has 0 amide bonds. The fourth-order valence-corrected chi connectivity index (χ4v) is 4.17. The molecule has 4 rings (SSSR count). The quantitative estimate of drug-likeness (QED) is 0.717. The van der Waals surface area contributed by atoms with Crippen molar-refractivity contribution in [1.29, 1.82) is 0 Å². The van der Waals surface area contributed by atoms with Gasteiger partial charge < -0.3 is 24.0 Å². The van der Waals surface area contributed by atoms with Crippen LogP contribution in [0.3, 0.4) is 0 Å². The van der Waals surface area contributed by atoms with Crippen molar-refractivity contribution in [2.45, 2.75) is 13.1 Å². The molecule has 2 fully saturated rings. The maximum Gasteiger partial charge on any atom is 0.118 e. The van der Waals surface area contributed by atoms with Gasteiger partial charge in [0.25, 0.3) is 0 Å². The fourth-order valence-electron chi connectivity index (χ4n) is 4.17. The molecule has 0 bridgehead atoms. The van der Waals surface area contributed by atoms with Gasteiger partial charge in [-0.2, -0.15) is 0 Å². The highest BCUT2D eigenvalue weighted by Crippen LogP contribution is 2.12. The van der Waals surface area contributed by atoms with Crippen molar-refractivity contribution in [1.82, 2.24) is 4.57 Å². The molecule has 2 aromatic rings. The Labute approximate surface area is 156 Å². The highest BCUT2D eigenvalue weighted by atomic mass is 16.5. The van der Waals surface area contributed by atoms with Crippen LogP contribution in [0, 0.1) is 0 Å². The van der Waals surface area contributed by atoms with Crippen molar-refractivity contribution in [2.75, 3.05) is 63.9 Å². The summed E-state index contributed by atoms with van der Waals surface area (Å²) >= 11 is 0. The number of nitrogens with one attached hydrogen (secondary N) is 2. The number of quaternary nitrogens is 2. The van der Waals surface area contributed by atoms with Crippen molar-refractivity contribution in [3.63, 3.8) is 0 Å². The summed E-state index contributed by atoms with van der Waals surface area (Å²) in [6.45, 7) is 12.4. The molecular weight excluding hydrogens is 324 g/mol. The molecule has 1 aromatic heterocycles. The van der Waals surface area contributed by atoms with Crippen LogP contribution in [0.15, 0.2) is 48.7 Å². The molecule has 0 atom stereocenters. The number of rotatable bonds is 6. The molecule has 2 saturated heterocycles. The van der Waals surface area contributed by atoms with E-state index in [1.807, 2.05) is 0 Å². The van der Waals surface area contributed by atoms with Gasteiger partial charge in [-0.1, -0.05) is 18.2 Å². The van der Waals surface area contributed by atoms with Gasteiger partial charge in [0.15, 0.2) is 0 Å². The van der Waals surface area contributed by atoms with Crippen LogP contribution in [-0.2, 0) is 17.8 Å². The number of nitrogens with zero attached hydrogens (tertiary/aromatic N) is 2. The molecule has 0 radical (unpaired) electrons. The summed E-state index contributed by atoms with van der Waals surface area (Å²) < 4.78 is 7.94. The van der Waals surface area contributed by atoms with E-state index in [1.165, 1.54) is 31.0 Å². The Hall–Kier alpha value is -1.82. The summed E-state index contributed by atoms with van der Waals surface area (Å²) in [5.74, 6) is 0. The van der Waals surface area contributed by atoms with Gasteiger partial charge >= 0.3 is 0 Å². The van der Waals surface area contributed by atoms with Crippen molar-refractivity contribution >= 4 is 5.69 Å². The number of morpholine rings is 1. The number of para-hydroxylation sites is 1. The smallest absolute Gasteiger partial charge is 0.118 e. The van der Waals surface area contributed by atoms with E-state index in [2.05, 4.69) is 58.1 Å². The molecule has 2 aliphatic heterocycles. The zero-order chi connectivity index (χ0) is 17.6. The van der Waals surface area contributed by atoms with E-state index in [4.69, 9.17) is 4.74 Å². The molecule has 0 aliphatic carbocycles. The van der Waals surface area contributed by atoms with Gasteiger partial charge in [0.2, 0.25) is 0 Å². The van der Waals surface area contributed by atoms with Crippen LogP contribution in [0.2, 0.25) is 0 Å². The number of hydrogen-bond acceptors (Lipinski definition) is 2. The van der Waals surface area contributed by atoms with Gasteiger partial charge in [-0.3, -0.25) is 0 Å². The van der Waals surface area contributed by atoms with Gasteiger partial charge in [-0.15, -0.1) is 0 Å². The van der Waals surface area contributed by atoms with Crippen LogP contribution in [0.25, 0.3) is 0 Å². The minimum absolute atomic E-state index is 0.920. The first-order valence-corrected chi connectivity index (χ1v) is 10.1. The summed E-state index contributed by atoms with van der Waals surface area (Å²) in [5.41, 5.74) is 2.85. The highest BCUT2D eigenvalue weighted by Gasteiger charge is 2.21. The second-order valence-corrected chi connectivity index (χ2v) is 7.55. The molecule has 0 unspecified atom stereocenters. The van der Waals surface area contributed by atoms with Crippen LogP contribution < -0.4 is 14.7 Å². The molecule has 26 heavy (non-hydrogen) atoms. The summed E-state index contributed by atoms with van der Waals surface area (Å²) in [7, 11) is 0. The minimum Gasteiger partial charge on any atom is -0.370 e. The molecule has 3 heterocycles. The molecule has 0 spiro atoms. The number of benzene rings is 1. The van der Waals surface area contributed by atoms with Crippen molar-refractivity contribution in [3.8, 4) is 0 Å². The van der Waals surface area contributed by atoms with Gasteiger partial charge in [-0.05, 0) is 24.3 Å². The Morgan fingerprint density at radius 3 is 2.38 bits per heavy atom. The summed E-state index contributed by atoms with van der Waals surface area (Å²) in [6.07, 6.45) is 2.26. The van der Waals surface area contributed by atoms with E-state index < -0.39 is 0 Å². The van der Waals surface area contributed by atoms with Crippen LogP contribution >= 0.6 is 0 Å². The van der Waals surface area contributed by atoms with Gasteiger partial charge in [-0.25, -0.2) is 0 Å². The summed E-state index contributed by atoms with van der Waals surface area (Å²) in [4.78, 5) is 5.90. The Morgan fingerprint density at radius 2 is 1.62 bits per heavy atom. The highest BCUT2D eigenvalue weighted by molar-refractivity contribution is 5.46. The predicted octanol–water partition coefficient (Wildman–Crippen LogP) is -0.692. The topological polar surface area (TPSA) is 26.3 Å². The standard InChI is InChI=1S/C21H30N4O/c1-2-5-20(6-3-1)25-13-10-23(11-14-25)19-21-7-4-8-24(21)12-9-22-15-17-26-18-16-22/h1-8H,9-19H2/p+2. The fraction of sp³-hybridized carbons (Fsp3) is 0.524. The first kappa shape index (κ1) is 17.6. The summed E-state index contributed by atoms with van der Waals surface area (Å²) in [5, 5.41) is 0. The average molecular weight is 357 g/mol. The molecule has 0 saturated carbocycles. The second-order valence-electron chi connectivity index (χ2n) is 7.55. The van der Waals surface area contributed by atoms with E-state index in [0.717, 1.165) is 52.5 Å². The Balaban J connectivity index is 1.27. The van der Waals surface area contributed by atoms with Crippen LogP contribution in [-0.4, -0.2) is 63.6 Å². The lowest BCUT2D eigenvalue weighted by atomic mass is 10.2. The third-order valence-corrected chi connectivity index (χ3v) is 5.85. The van der Waals surface area contributed by atoms with E-state index in [1.54, 1.807) is 9.80 Å². The van der Waals surface area contributed by atoms with Gasteiger partial charge in [0.1, 0.15) is 19.6 Å². The third kappa shape index (κ3) is 4.47. The lowest BCUT2D eigenvalue weighted by Gasteiger charge is -2.33. The molecule has 5 heteroatoms. The van der Waals surface area contributed by atoms with Crippen LogP contribution in [0.5, 0.6) is 0 Å². The maximum absolute atomic E-state index is 5.47. The predicted molar refractivity (Wildman–Crippen MR) is 104 cm³/mol. The first-order chi connectivity index (χ1) is 12.9. The third-order valence-electron chi connectivity index (χ3n) is 5.85. The Bertz CT molecular complexity index is 658. The van der Waals surface area contributed by atoms with Crippen LogP contribution in [0.4, 0.5) is 5.69 Å². The van der Waals surface area contributed by atoms with Gasteiger partial charge in [0, 0.05) is 11.9 Å². The van der Waals surface area contributed by atoms with E-state index in [-0.39, 0.29) is 0 Å². The SMILES string of the molecule is c1ccc(N2CC[NH+](Cc3cccn3CC[NH+]3CCOCC3)CC2)cc1. The van der Waals surface area contributed by atoms with Crippen molar-refractivity contribution < 1.29 is 14.5 Å². The molecule has 2 N–H and O–H groups in total. The molecule has 140 valence electrons. The maximum atomic E-state index is 5.47. The second kappa shape index (κ2) is 8.71. The number of piperazine rings is 1. The lowest BCUT2D eigenvalue weighted by Crippen LogP contribution is -3.14. The monoisotopic (exact) mass is 356 g/mol.